The summed E-state index contributed by atoms with van der Waals surface area (Å²) >= 11 is 0. The Labute approximate surface area is 147 Å². The lowest BCUT2D eigenvalue weighted by Crippen LogP contribution is -2.27. The van der Waals surface area contributed by atoms with Crippen molar-refractivity contribution >= 4 is 17.5 Å². The van der Waals surface area contributed by atoms with Gasteiger partial charge in [0.2, 0.25) is 0 Å². The Bertz CT molecular complexity index is 753. The SMILES string of the molecule is C/C(=N/NC(=O)c1ccccc1)c1ccc(OCC(=O)N(C)C)cc1. The van der Waals surface area contributed by atoms with Crippen LogP contribution in [0.4, 0.5) is 0 Å². The molecule has 2 aromatic rings. The highest BCUT2D eigenvalue weighted by molar-refractivity contribution is 6.00. The van der Waals surface area contributed by atoms with Gasteiger partial charge in [0.15, 0.2) is 6.61 Å². The van der Waals surface area contributed by atoms with Crippen molar-refractivity contribution in [2.75, 3.05) is 20.7 Å². The van der Waals surface area contributed by atoms with E-state index in [4.69, 9.17) is 4.74 Å². The monoisotopic (exact) mass is 339 g/mol. The second kappa shape index (κ2) is 8.63. The standard InChI is InChI=1S/C19H21N3O3/c1-14(20-21-19(24)16-7-5-4-6-8-16)15-9-11-17(12-10-15)25-13-18(23)22(2)3/h4-12H,13H2,1-3H3,(H,21,24)/b20-14-. The normalized spacial score (nSPS) is 10.9. The lowest BCUT2D eigenvalue weighted by atomic mass is 10.1. The minimum Gasteiger partial charge on any atom is -0.484 e. The van der Waals surface area contributed by atoms with Gasteiger partial charge in [-0.3, -0.25) is 9.59 Å². The van der Waals surface area contributed by atoms with E-state index < -0.39 is 0 Å². The van der Waals surface area contributed by atoms with E-state index in [9.17, 15) is 9.59 Å². The van der Waals surface area contributed by atoms with Crippen molar-refractivity contribution in [3.8, 4) is 5.75 Å². The topological polar surface area (TPSA) is 71.0 Å². The van der Waals surface area contributed by atoms with Crippen LogP contribution in [-0.4, -0.2) is 43.1 Å². The lowest BCUT2D eigenvalue weighted by molar-refractivity contribution is -0.130. The van der Waals surface area contributed by atoms with Crippen LogP contribution in [0.1, 0.15) is 22.8 Å². The number of benzene rings is 2. The van der Waals surface area contributed by atoms with Crippen molar-refractivity contribution in [2.24, 2.45) is 5.10 Å². The summed E-state index contributed by atoms with van der Waals surface area (Å²) in [5.41, 5.74) is 4.60. The number of hydrogen-bond donors (Lipinski definition) is 1. The number of nitrogens with one attached hydrogen (secondary N) is 1. The van der Waals surface area contributed by atoms with Crippen molar-refractivity contribution in [3.63, 3.8) is 0 Å². The Morgan fingerprint density at radius 1 is 1.00 bits per heavy atom. The molecule has 6 nitrogen and oxygen atoms in total. The predicted octanol–water partition coefficient (Wildman–Crippen LogP) is 2.31. The fourth-order valence-corrected chi connectivity index (χ4v) is 1.92. The Morgan fingerprint density at radius 3 is 2.24 bits per heavy atom. The number of amides is 2. The maximum Gasteiger partial charge on any atom is 0.271 e. The fraction of sp³-hybridized carbons (Fsp3) is 0.211. The molecule has 6 heteroatoms. The van der Waals surface area contributed by atoms with Gasteiger partial charge in [-0.25, -0.2) is 5.43 Å². The highest BCUT2D eigenvalue weighted by Crippen LogP contribution is 2.13. The molecular formula is C19H21N3O3. The molecule has 0 unspecified atom stereocenters. The van der Waals surface area contributed by atoms with E-state index in [0.717, 1.165) is 5.56 Å². The molecule has 130 valence electrons. The summed E-state index contributed by atoms with van der Waals surface area (Å²) < 4.78 is 5.42. The third-order valence-electron chi connectivity index (χ3n) is 3.49. The first-order valence-corrected chi connectivity index (χ1v) is 7.80. The van der Waals surface area contributed by atoms with Crippen molar-refractivity contribution in [1.29, 1.82) is 0 Å². The molecule has 0 heterocycles. The molecule has 0 atom stereocenters. The molecule has 1 N–H and O–H groups in total. The zero-order chi connectivity index (χ0) is 18.2. The first-order valence-electron chi connectivity index (χ1n) is 7.80. The van der Waals surface area contributed by atoms with Crippen LogP contribution in [0.5, 0.6) is 5.75 Å². The van der Waals surface area contributed by atoms with Crippen molar-refractivity contribution in [1.82, 2.24) is 10.3 Å². The average Bonchev–Trinajstić information content (AvgIpc) is 2.64. The van der Waals surface area contributed by atoms with Crippen molar-refractivity contribution in [3.05, 3.63) is 65.7 Å². The molecule has 0 fully saturated rings. The quantitative estimate of drug-likeness (QED) is 0.648. The number of hydrogen-bond acceptors (Lipinski definition) is 4. The molecule has 0 aromatic heterocycles. The number of hydrazone groups is 1. The first kappa shape index (κ1) is 18.2. The van der Waals surface area contributed by atoms with Crippen LogP contribution in [-0.2, 0) is 4.79 Å². The molecule has 0 aliphatic heterocycles. The smallest absolute Gasteiger partial charge is 0.271 e. The Hall–Kier alpha value is -3.15. The highest BCUT2D eigenvalue weighted by Gasteiger charge is 2.06. The predicted molar refractivity (Wildman–Crippen MR) is 96.8 cm³/mol. The summed E-state index contributed by atoms with van der Waals surface area (Å²) in [6.07, 6.45) is 0. The van der Waals surface area contributed by atoms with Gasteiger partial charge >= 0.3 is 0 Å². The minimum absolute atomic E-state index is 0.00739. The van der Waals surface area contributed by atoms with Gasteiger partial charge in [-0.05, 0) is 48.9 Å². The second-order valence-electron chi connectivity index (χ2n) is 5.61. The van der Waals surface area contributed by atoms with E-state index in [1.807, 2.05) is 18.2 Å². The van der Waals surface area contributed by atoms with Crippen LogP contribution in [0.25, 0.3) is 0 Å². The number of ether oxygens (including phenoxy) is 1. The van der Waals surface area contributed by atoms with Gasteiger partial charge in [-0.15, -0.1) is 0 Å². The summed E-state index contributed by atoms with van der Waals surface area (Å²) in [6, 6.07) is 16.1. The van der Waals surface area contributed by atoms with Gasteiger partial charge in [0.25, 0.3) is 11.8 Å². The zero-order valence-electron chi connectivity index (χ0n) is 14.5. The minimum atomic E-state index is -0.262. The van der Waals surface area contributed by atoms with Gasteiger partial charge in [0, 0.05) is 19.7 Å². The molecule has 0 radical (unpaired) electrons. The Kier molecular flexibility index (Phi) is 6.28. The molecule has 25 heavy (non-hydrogen) atoms. The molecule has 2 amide bonds. The Balaban J connectivity index is 1.94. The second-order valence-corrected chi connectivity index (χ2v) is 5.61. The van der Waals surface area contributed by atoms with Crippen molar-refractivity contribution in [2.45, 2.75) is 6.92 Å². The molecule has 0 bridgehead atoms. The highest BCUT2D eigenvalue weighted by atomic mass is 16.5. The van der Waals surface area contributed by atoms with E-state index in [-0.39, 0.29) is 18.4 Å². The fourth-order valence-electron chi connectivity index (χ4n) is 1.92. The third-order valence-corrected chi connectivity index (χ3v) is 3.49. The number of nitrogens with zero attached hydrogens (tertiary/aromatic N) is 2. The van der Waals surface area contributed by atoms with Crippen molar-refractivity contribution < 1.29 is 14.3 Å². The summed E-state index contributed by atoms with van der Waals surface area (Å²) in [5.74, 6) is 0.229. The molecule has 0 aliphatic rings. The van der Waals surface area contributed by atoms with E-state index >= 15 is 0 Å². The molecule has 2 aromatic carbocycles. The van der Waals surface area contributed by atoms with Gasteiger partial charge in [0.05, 0.1) is 5.71 Å². The average molecular weight is 339 g/mol. The van der Waals surface area contributed by atoms with Crippen LogP contribution in [0.3, 0.4) is 0 Å². The van der Waals surface area contributed by atoms with Crippen LogP contribution < -0.4 is 10.2 Å². The summed E-state index contributed by atoms with van der Waals surface area (Å²) in [6.45, 7) is 1.79. The van der Waals surface area contributed by atoms with Crippen LogP contribution in [0.2, 0.25) is 0 Å². The van der Waals surface area contributed by atoms with Crippen LogP contribution >= 0.6 is 0 Å². The maximum absolute atomic E-state index is 12.0. The molecule has 0 aliphatic carbocycles. The maximum atomic E-state index is 12.0. The number of carbonyl (C=O) groups excluding carboxylic acids is 2. The van der Waals surface area contributed by atoms with E-state index in [1.54, 1.807) is 57.4 Å². The number of rotatable bonds is 6. The lowest BCUT2D eigenvalue weighted by Gasteiger charge is -2.11. The van der Waals surface area contributed by atoms with E-state index in [1.165, 1.54) is 4.90 Å². The van der Waals surface area contributed by atoms with Crippen LogP contribution in [0, 0.1) is 0 Å². The van der Waals surface area contributed by atoms with Gasteiger partial charge in [0.1, 0.15) is 5.75 Å². The summed E-state index contributed by atoms with van der Waals surface area (Å²) in [7, 11) is 3.36. The first-order chi connectivity index (χ1) is 12.0. The number of likely N-dealkylation sites (N-methyl/N-ethyl adjacent to an activating group) is 1. The zero-order valence-corrected chi connectivity index (χ0v) is 14.5. The van der Waals surface area contributed by atoms with E-state index in [0.29, 0.717) is 17.0 Å². The molecule has 0 saturated carbocycles. The van der Waals surface area contributed by atoms with E-state index in [2.05, 4.69) is 10.5 Å². The summed E-state index contributed by atoms with van der Waals surface area (Å²) in [5, 5.41) is 4.11. The molecule has 0 saturated heterocycles. The molecular weight excluding hydrogens is 318 g/mol. The largest absolute Gasteiger partial charge is 0.484 e. The molecule has 2 rings (SSSR count). The third kappa shape index (κ3) is 5.46. The van der Waals surface area contributed by atoms with Gasteiger partial charge in [-0.1, -0.05) is 18.2 Å². The number of carbonyl (C=O) groups is 2. The van der Waals surface area contributed by atoms with Gasteiger partial charge in [-0.2, -0.15) is 5.10 Å². The molecule has 0 spiro atoms. The van der Waals surface area contributed by atoms with Gasteiger partial charge < -0.3 is 9.64 Å². The summed E-state index contributed by atoms with van der Waals surface area (Å²) in [4.78, 5) is 24.9. The van der Waals surface area contributed by atoms with Crippen LogP contribution in [0.15, 0.2) is 59.7 Å². The Morgan fingerprint density at radius 2 is 1.64 bits per heavy atom.